The SMILES string of the molecule is CCc1ccc(Cn2c(Cc3ccccc3)nc3ccc(C(C)C(O)O)cc32)c(C)c1. The lowest BCUT2D eigenvalue weighted by atomic mass is 10.00. The van der Waals surface area contributed by atoms with Gasteiger partial charge in [-0.1, -0.05) is 68.4 Å². The van der Waals surface area contributed by atoms with Crippen molar-refractivity contribution < 1.29 is 10.2 Å². The van der Waals surface area contributed by atoms with Gasteiger partial charge in [-0.15, -0.1) is 0 Å². The molecule has 1 aromatic heterocycles. The zero-order valence-electron chi connectivity index (χ0n) is 18.4. The van der Waals surface area contributed by atoms with Gasteiger partial charge in [0.25, 0.3) is 0 Å². The molecule has 4 heteroatoms. The van der Waals surface area contributed by atoms with Crippen molar-refractivity contribution in [2.24, 2.45) is 0 Å². The number of fused-ring (bicyclic) bond motifs is 1. The minimum absolute atomic E-state index is 0.365. The lowest BCUT2D eigenvalue weighted by molar-refractivity contribution is -0.0560. The number of nitrogens with zero attached hydrogens (tertiary/aromatic N) is 2. The maximum atomic E-state index is 9.67. The molecule has 0 bridgehead atoms. The van der Waals surface area contributed by atoms with Crippen LogP contribution in [0.3, 0.4) is 0 Å². The van der Waals surface area contributed by atoms with Gasteiger partial charge in [0, 0.05) is 18.9 Å². The Balaban J connectivity index is 1.81. The molecular formula is C27H30N2O2. The number of imidazole rings is 1. The Morgan fingerprint density at radius 3 is 2.39 bits per heavy atom. The number of rotatable bonds is 7. The van der Waals surface area contributed by atoms with Crippen molar-refractivity contribution in [3.8, 4) is 0 Å². The standard InChI is InChI=1S/C27H30N2O2/c1-4-20-10-11-23(18(2)14-20)17-29-25-16-22(19(3)27(30)31)12-13-24(25)28-26(29)15-21-8-6-5-7-9-21/h5-14,16,19,27,30-31H,4,15,17H2,1-3H3. The Kier molecular flexibility index (Phi) is 6.21. The van der Waals surface area contributed by atoms with E-state index in [1.165, 1.54) is 22.3 Å². The van der Waals surface area contributed by atoms with E-state index in [1.807, 2.05) is 25.1 Å². The molecule has 3 aromatic carbocycles. The quantitative estimate of drug-likeness (QED) is 0.420. The van der Waals surface area contributed by atoms with Gasteiger partial charge in [-0.3, -0.25) is 0 Å². The van der Waals surface area contributed by atoms with Crippen LogP contribution in [0.5, 0.6) is 0 Å². The summed E-state index contributed by atoms with van der Waals surface area (Å²) in [6.45, 7) is 6.90. The van der Waals surface area contributed by atoms with Crippen molar-refractivity contribution in [1.82, 2.24) is 9.55 Å². The Labute approximate surface area is 183 Å². The number of aliphatic hydroxyl groups excluding tert-OH is 1. The fraction of sp³-hybridized carbons (Fsp3) is 0.296. The molecule has 0 aliphatic rings. The molecule has 31 heavy (non-hydrogen) atoms. The number of aliphatic hydroxyl groups is 2. The highest BCUT2D eigenvalue weighted by Gasteiger charge is 2.18. The van der Waals surface area contributed by atoms with Gasteiger partial charge in [0.2, 0.25) is 0 Å². The van der Waals surface area contributed by atoms with Crippen molar-refractivity contribution >= 4 is 11.0 Å². The number of aromatic nitrogens is 2. The van der Waals surface area contributed by atoms with Crippen LogP contribution in [0, 0.1) is 6.92 Å². The zero-order chi connectivity index (χ0) is 22.0. The fourth-order valence-electron chi connectivity index (χ4n) is 4.06. The lowest BCUT2D eigenvalue weighted by Crippen LogP contribution is -2.14. The van der Waals surface area contributed by atoms with E-state index in [0.717, 1.165) is 41.8 Å². The Hall–Kier alpha value is -2.95. The second-order valence-corrected chi connectivity index (χ2v) is 8.34. The van der Waals surface area contributed by atoms with Crippen molar-refractivity contribution in [1.29, 1.82) is 0 Å². The summed E-state index contributed by atoms with van der Waals surface area (Å²) in [5.41, 5.74) is 7.96. The Bertz CT molecular complexity index is 1180. The van der Waals surface area contributed by atoms with Gasteiger partial charge in [0.1, 0.15) is 5.82 Å². The predicted molar refractivity (Wildman–Crippen MR) is 125 cm³/mol. The summed E-state index contributed by atoms with van der Waals surface area (Å²) in [5, 5.41) is 19.3. The Morgan fingerprint density at radius 1 is 0.935 bits per heavy atom. The van der Waals surface area contributed by atoms with Gasteiger partial charge >= 0.3 is 0 Å². The van der Waals surface area contributed by atoms with E-state index >= 15 is 0 Å². The van der Waals surface area contributed by atoms with Crippen LogP contribution >= 0.6 is 0 Å². The molecule has 0 saturated carbocycles. The number of aryl methyl sites for hydroxylation is 2. The van der Waals surface area contributed by atoms with Crippen molar-refractivity contribution in [2.45, 2.75) is 52.4 Å². The molecule has 1 unspecified atom stereocenters. The highest BCUT2D eigenvalue weighted by molar-refractivity contribution is 5.77. The molecule has 1 atom stereocenters. The molecular weight excluding hydrogens is 384 g/mol. The third-order valence-corrected chi connectivity index (χ3v) is 6.17. The average Bonchev–Trinajstić information content (AvgIpc) is 3.11. The van der Waals surface area contributed by atoms with Crippen LogP contribution in [0.25, 0.3) is 11.0 Å². The maximum Gasteiger partial charge on any atom is 0.158 e. The first kappa shape index (κ1) is 21.3. The number of hydrogen-bond donors (Lipinski definition) is 2. The fourth-order valence-corrected chi connectivity index (χ4v) is 4.06. The van der Waals surface area contributed by atoms with E-state index in [2.05, 4.69) is 66.9 Å². The van der Waals surface area contributed by atoms with E-state index in [1.54, 1.807) is 0 Å². The highest BCUT2D eigenvalue weighted by atomic mass is 16.5. The van der Waals surface area contributed by atoms with Crippen LogP contribution in [0.4, 0.5) is 0 Å². The molecule has 0 amide bonds. The smallest absolute Gasteiger partial charge is 0.158 e. The minimum Gasteiger partial charge on any atom is -0.368 e. The summed E-state index contributed by atoms with van der Waals surface area (Å²) in [6, 6.07) is 23.1. The van der Waals surface area contributed by atoms with E-state index in [0.29, 0.717) is 0 Å². The largest absolute Gasteiger partial charge is 0.368 e. The molecule has 0 aliphatic heterocycles. The van der Waals surface area contributed by atoms with Gasteiger partial charge in [-0.25, -0.2) is 4.98 Å². The van der Waals surface area contributed by atoms with E-state index < -0.39 is 6.29 Å². The van der Waals surface area contributed by atoms with Crippen LogP contribution in [0.2, 0.25) is 0 Å². The van der Waals surface area contributed by atoms with Crippen LogP contribution in [0.15, 0.2) is 66.7 Å². The molecule has 160 valence electrons. The van der Waals surface area contributed by atoms with Crippen LogP contribution in [0.1, 0.15) is 53.4 Å². The molecule has 4 rings (SSSR count). The summed E-state index contributed by atoms with van der Waals surface area (Å²) in [5.74, 6) is 0.644. The molecule has 0 saturated heterocycles. The second kappa shape index (κ2) is 9.04. The number of hydrogen-bond acceptors (Lipinski definition) is 3. The lowest BCUT2D eigenvalue weighted by Gasteiger charge is -2.16. The molecule has 0 radical (unpaired) electrons. The molecule has 0 spiro atoms. The first-order valence-electron chi connectivity index (χ1n) is 10.9. The molecule has 1 heterocycles. The third-order valence-electron chi connectivity index (χ3n) is 6.17. The van der Waals surface area contributed by atoms with Gasteiger partial charge in [0.05, 0.1) is 11.0 Å². The van der Waals surface area contributed by atoms with E-state index in [4.69, 9.17) is 4.98 Å². The molecule has 0 aliphatic carbocycles. The molecule has 0 fully saturated rings. The van der Waals surface area contributed by atoms with Crippen LogP contribution < -0.4 is 0 Å². The summed E-state index contributed by atoms with van der Waals surface area (Å²) in [6.07, 6.45) is 0.385. The first-order valence-corrected chi connectivity index (χ1v) is 10.9. The molecule has 4 aromatic rings. The summed E-state index contributed by atoms with van der Waals surface area (Å²) in [7, 11) is 0. The monoisotopic (exact) mass is 414 g/mol. The van der Waals surface area contributed by atoms with Crippen LogP contribution in [-0.2, 0) is 19.4 Å². The molecule has 2 N–H and O–H groups in total. The maximum absolute atomic E-state index is 9.67. The normalized spacial score (nSPS) is 12.6. The van der Waals surface area contributed by atoms with Crippen molar-refractivity contribution in [3.05, 3.63) is 100 Å². The first-order chi connectivity index (χ1) is 15.0. The minimum atomic E-state index is -1.39. The summed E-state index contributed by atoms with van der Waals surface area (Å²) >= 11 is 0. The van der Waals surface area contributed by atoms with E-state index in [9.17, 15) is 10.2 Å². The van der Waals surface area contributed by atoms with Crippen LogP contribution in [-0.4, -0.2) is 26.1 Å². The Morgan fingerprint density at radius 2 is 1.71 bits per heavy atom. The second-order valence-electron chi connectivity index (χ2n) is 8.34. The van der Waals surface area contributed by atoms with Gasteiger partial charge in [-0.05, 0) is 53.3 Å². The van der Waals surface area contributed by atoms with E-state index in [-0.39, 0.29) is 5.92 Å². The zero-order valence-corrected chi connectivity index (χ0v) is 18.4. The number of benzene rings is 3. The highest BCUT2D eigenvalue weighted by Crippen LogP contribution is 2.27. The van der Waals surface area contributed by atoms with Crippen molar-refractivity contribution in [3.63, 3.8) is 0 Å². The van der Waals surface area contributed by atoms with Gasteiger partial charge in [0.15, 0.2) is 6.29 Å². The van der Waals surface area contributed by atoms with Gasteiger partial charge < -0.3 is 14.8 Å². The average molecular weight is 415 g/mol. The summed E-state index contributed by atoms with van der Waals surface area (Å²) in [4.78, 5) is 4.95. The third kappa shape index (κ3) is 4.55. The topological polar surface area (TPSA) is 58.3 Å². The van der Waals surface area contributed by atoms with Gasteiger partial charge in [-0.2, -0.15) is 0 Å². The summed E-state index contributed by atoms with van der Waals surface area (Å²) < 4.78 is 2.27. The molecule has 4 nitrogen and oxygen atoms in total. The van der Waals surface area contributed by atoms with Crippen molar-refractivity contribution in [2.75, 3.05) is 0 Å². The predicted octanol–water partition coefficient (Wildman–Crippen LogP) is 4.96.